The minimum absolute atomic E-state index is 1.21. The molecule has 0 N–H and O–H groups in total. The van der Waals surface area contributed by atoms with Crippen LogP contribution in [0.25, 0.3) is 0 Å². The highest BCUT2D eigenvalue weighted by Gasteiger charge is 2.41. The van der Waals surface area contributed by atoms with Gasteiger partial charge in [-0.1, -0.05) is 6.82 Å². The van der Waals surface area contributed by atoms with Gasteiger partial charge in [0.2, 0.25) is 0 Å². The molecular weight excluding hydrogens is 114 g/mol. The van der Waals surface area contributed by atoms with Gasteiger partial charge in [-0.25, -0.2) is 0 Å². The highest BCUT2D eigenvalue weighted by Crippen LogP contribution is 2.52. The molecule has 0 saturated heterocycles. The lowest BCUT2D eigenvalue weighted by atomic mass is 9.56. The van der Waals surface area contributed by atoms with E-state index in [9.17, 15) is 0 Å². The third-order valence-electron chi connectivity index (χ3n) is 2.00. The highest BCUT2D eigenvalue weighted by atomic mass is 31.0. The molecule has 2 heteroatoms. The summed E-state index contributed by atoms with van der Waals surface area (Å²) in [6, 6.07) is 0. The van der Waals surface area contributed by atoms with Gasteiger partial charge in [0, 0.05) is 0 Å². The first-order valence-electron chi connectivity index (χ1n) is 3.36. The normalized spacial score (nSPS) is 37.8. The van der Waals surface area contributed by atoms with Crippen molar-refractivity contribution in [1.29, 1.82) is 0 Å². The predicted molar refractivity (Wildman–Crippen MR) is 42.2 cm³/mol. The second kappa shape index (κ2) is 2.87. The van der Waals surface area contributed by atoms with Gasteiger partial charge in [-0.15, -0.1) is 0 Å². The van der Waals surface area contributed by atoms with E-state index in [1.54, 1.807) is 19.3 Å². The maximum Gasteiger partial charge on any atom is 0.134 e. The lowest BCUT2D eigenvalue weighted by Crippen LogP contribution is -2.38. The summed E-state index contributed by atoms with van der Waals surface area (Å²) in [5.74, 6) is 2.42. The highest BCUT2D eigenvalue weighted by molar-refractivity contribution is 7.55. The van der Waals surface area contributed by atoms with Crippen molar-refractivity contribution in [2.75, 3.05) is 0 Å². The minimum atomic E-state index is 1.21. The zero-order chi connectivity index (χ0) is 5.98. The maximum absolute atomic E-state index is 2.45. The third kappa shape index (κ3) is 1.26. The van der Waals surface area contributed by atoms with Crippen LogP contribution in [0, 0.1) is 11.8 Å². The lowest BCUT2D eigenvalue weighted by molar-refractivity contribution is 0.0198. The number of hydrogen-bond donors (Lipinski definition) is 0. The molecule has 3 aliphatic rings. The van der Waals surface area contributed by atoms with Crippen molar-refractivity contribution in [2.24, 2.45) is 11.8 Å². The zero-order valence-corrected chi connectivity index (χ0v) is 6.59. The smallest absolute Gasteiger partial charge is 0.134 e. The lowest BCUT2D eigenvalue weighted by Gasteiger charge is -2.49. The van der Waals surface area contributed by atoms with Gasteiger partial charge in [0.05, 0.1) is 0 Å². The molecule has 0 amide bonds. The van der Waals surface area contributed by atoms with Crippen molar-refractivity contribution < 1.29 is 0 Å². The predicted octanol–water partition coefficient (Wildman–Crippen LogP) is 1.95. The zero-order valence-electron chi connectivity index (χ0n) is 5.43. The molecule has 0 spiro atoms. The molecule has 3 saturated carbocycles. The topological polar surface area (TPSA) is 0 Å². The van der Waals surface area contributed by atoms with E-state index in [1.807, 2.05) is 13.8 Å². The van der Waals surface area contributed by atoms with Crippen LogP contribution < -0.4 is 0 Å². The molecule has 8 heavy (non-hydrogen) atoms. The van der Waals surface area contributed by atoms with E-state index < -0.39 is 0 Å². The Balaban J connectivity index is 0.0000000960. The van der Waals surface area contributed by atoms with Crippen LogP contribution in [0.3, 0.4) is 0 Å². The molecule has 3 fully saturated rings. The minimum Gasteiger partial charge on any atom is -0.178 e. The van der Waals surface area contributed by atoms with Crippen LogP contribution in [-0.4, -0.2) is 7.00 Å². The SMILES string of the molecule is C1C2CC1C2.C[B]P. The Morgan fingerprint density at radius 2 is 1.38 bits per heavy atom. The Bertz CT molecular complexity index is 54.7. The van der Waals surface area contributed by atoms with Gasteiger partial charge in [0.15, 0.2) is 0 Å². The molecule has 1 atom stereocenters. The molecule has 0 aromatic carbocycles. The molecule has 0 aromatic rings. The van der Waals surface area contributed by atoms with Crippen LogP contribution in [0.5, 0.6) is 0 Å². The van der Waals surface area contributed by atoms with Crippen LogP contribution in [0.1, 0.15) is 19.3 Å². The number of hydrogen-bond acceptors (Lipinski definition) is 0. The summed E-state index contributed by atoms with van der Waals surface area (Å²) in [6.07, 6.45) is 4.75. The quantitative estimate of drug-likeness (QED) is 0.344. The molecule has 1 unspecified atom stereocenters. The molecule has 0 aromatic heterocycles. The van der Waals surface area contributed by atoms with Crippen molar-refractivity contribution in [3.05, 3.63) is 0 Å². The van der Waals surface area contributed by atoms with Gasteiger partial charge in [0.25, 0.3) is 0 Å². The summed E-state index contributed by atoms with van der Waals surface area (Å²) in [4.78, 5) is 0. The Hall–Kier alpha value is 0.495. The summed E-state index contributed by atoms with van der Waals surface area (Å²) in [6.45, 7) is 3.88. The summed E-state index contributed by atoms with van der Waals surface area (Å²) in [7, 11) is 2.45. The molecular formula is C6H13BP. The molecule has 0 aliphatic heterocycles. The van der Waals surface area contributed by atoms with Crippen LogP contribution >= 0.6 is 9.12 Å². The van der Waals surface area contributed by atoms with Crippen molar-refractivity contribution in [2.45, 2.75) is 26.1 Å². The molecule has 3 rings (SSSR count). The number of rotatable bonds is 0. The summed E-state index contributed by atoms with van der Waals surface area (Å²) >= 11 is 0. The van der Waals surface area contributed by atoms with Gasteiger partial charge < -0.3 is 0 Å². The monoisotopic (exact) mass is 127 g/mol. The van der Waals surface area contributed by atoms with E-state index in [-0.39, 0.29) is 0 Å². The van der Waals surface area contributed by atoms with E-state index in [0.29, 0.717) is 0 Å². The van der Waals surface area contributed by atoms with E-state index in [4.69, 9.17) is 0 Å². The van der Waals surface area contributed by atoms with E-state index in [2.05, 4.69) is 9.12 Å². The van der Waals surface area contributed by atoms with Crippen molar-refractivity contribution in [3.63, 3.8) is 0 Å². The van der Waals surface area contributed by atoms with Crippen LogP contribution in [0.15, 0.2) is 0 Å². The standard InChI is InChI=1S/C5H8.CH5BP/c1-4-2-5(1)3-4;1-2-3/h4-5H,1-3H2;3H2,1H3. The van der Waals surface area contributed by atoms with Crippen LogP contribution in [0.2, 0.25) is 6.82 Å². The first-order chi connectivity index (χ1) is 3.86. The van der Waals surface area contributed by atoms with Gasteiger partial charge in [-0.05, 0) is 31.1 Å². The van der Waals surface area contributed by atoms with Gasteiger partial charge >= 0.3 is 0 Å². The van der Waals surface area contributed by atoms with Crippen molar-refractivity contribution in [1.82, 2.24) is 0 Å². The molecule has 0 nitrogen and oxygen atoms in total. The molecule has 0 heterocycles. The summed E-state index contributed by atoms with van der Waals surface area (Å²) in [5, 5.41) is 0. The fourth-order valence-electron chi connectivity index (χ4n) is 1.21. The molecule has 1 radical (unpaired) electrons. The van der Waals surface area contributed by atoms with Crippen LogP contribution in [0.4, 0.5) is 0 Å². The fourth-order valence-corrected chi connectivity index (χ4v) is 1.21. The van der Waals surface area contributed by atoms with Gasteiger partial charge in [0.1, 0.15) is 7.00 Å². The van der Waals surface area contributed by atoms with Crippen molar-refractivity contribution in [3.8, 4) is 0 Å². The Kier molecular flexibility index (Phi) is 2.37. The Labute approximate surface area is 54.8 Å². The van der Waals surface area contributed by atoms with Gasteiger partial charge in [-0.2, -0.15) is 9.12 Å². The van der Waals surface area contributed by atoms with Crippen LogP contribution in [-0.2, 0) is 0 Å². The molecule has 2 bridgehead atoms. The molecule has 45 valence electrons. The van der Waals surface area contributed by atoms with E-state index in [0.717, 1.165) is 0 Å². The average Bonchev–Trinajstić information content (AvgIpc) is 1.20. The van der Waals surface area contributed by atoms with E-state index in [1.165, 1.54) is 11.8 Å². The summed E-state index contributed by atoms with van der Waals surface area (Å²) in [5.41, 5.74) is 0. The maximum atomic E-state index is 2.45. The largest absolute Gasteiger partial charge is 0.178 e. The molecule has 3 aliphatic carbocycles. The fraction of sp³-hybridized carbons (Fsp3) is 1.00. The average molecular weight is 127 g/mol. The van der Waals surface area contributed by atoms with Crippen molar-refractivity contribution >= 4 is 16.1 Å². The third-order valence-corrected chi connectivity index (χ3v) is 2.00. The van der Waals surface area contributed by atoms with E-state index >= 15 is 0 Å². The summed E-state index contributed by atoms with van der Waals surface area (Å²) < 4.78 is 0. The first-order valence-corrected chi connectivity index (χ1v) is 4.03. The Morgan fingerprint density at radius 3 is 1.38 bits per heavy atom. The second-order valence-electron chi connectivity index (χ2n) is 2.77. The van der Waals surface area contributed by atoms with Gasteiger partial charge in [-0.3, -0.25) is 0 Å². The first kappa shape index (κ1) is 6.61. The second-order valence-corrected chi connectivity index (χ2v) is 3.44. The Morgan fingerprint density at radius 1 is 1.25 bits per heavy atom.